The first-order valence-electron chi connectivity index (χ1n) is 9.58. The van der Waals surface area contributed by atoms with E-state index in [0.717, 1.165) is 37.5 Å². The molecule has 3 rings (SSSR count). The van der Waals surface area contributed by atoms with Gasteiger partial charge in [0.2, 0.25) is 0 Å². The van der Waals surface area contributed by atoms with Crippen molar-refractivity contribution in [3.05, 3.63) is 107 Å². The zero-order chi connectivity index (χ0) is 20.8. The maximum atomic E-state index is 11.8. The zero-order valence-electron chi connectivity index (χ0n) is 16.5. The van der Waals surface area contributed by atoms with Crippen molar-refractivity contribution >= 4 is 42.6 Å². The summed E-state index contributed by atoms with van der Waals surface area (Å²) < 4.78 is 11.8. The number of benzene rings is 3. The molecule has 0 fully saturated rings. The fraction of sp³-hybridized carbons (Fsp3) is 0.200. The molecule has 146 valence electrons. The maximum absolute atomic E-state index is 11.8. The molecule has 0 aliphatic heterocycles. The van der Waals surface area contributed by atoms with Gasteiger partial charge in [0, 0.05) is 27.7 Å². The molecule has 4 heteroatoms. The lowest BCUT2D eigenvalue weighted by atomic mass is 9.78. The van der Waals surface area contributed by atoms with Gasteiger partial charge in [-0.05, 0) is 41.7 Å². The average Bonchev–Trinajstić information content (AvgIpc) is 2.74. The van der Waals surface area contributed by atoms with Gasteiger partial charge in [-0.25, -0.2) is 0 Å². The van der Waals surface area contributed by atoms with Crippen LogP contribution in [-0.2, 0) is 4.57 Å². The van der Waals surface area contributed by atoms with Crippen molar-refractivity contribution in [2.24, 2.45) is 5.92 Å². The first-order valence-corrected chi connectivity index (χ1v) is 11.4. The topological polar surface area (TPSA) is 17.1 Å². The quantitative estimate of drug-likeness (QED) is 0.213. The molecular formula is C25H23OPS2. The standard InChI is InChI=1S/C25H23OPS2/c1-17-10-6-8-14-20(17)24(28)23(25(29)21-15-9-7-11-18(21)2)22(16-27-26)19-12-4-3-5-13-19/h3-15,22-23H,16H2,1-2H3. The molecule has 0 N–H and O–H groups in total. The van der Waals surface area contributed by atoms with E-state index in [4.69, 9.17) is 24.4 Å². The van der Waals surface area contributed by atoms with Crippen molar-refractivity contribution in [1.29, 1.82) is 0 Å². The summed E-state index contributed by atoms with van der Waals surface area (Å²) in [6.45, 7) is 4.14. The van der Waals surface area contributed by atoms with Crippen LogP contribution in [-0.4, -0.2) is 15.9 Å². The Morgan fingerprint density at radius 2 is 1.21 bits per heavy atom. The summed E-state index contributed by atoms with van der Waals surface area (Å²) in [5.41, 5.74) is 5.43. The van der Waals surface area contributed by atoms with Crippen molar-refractivity contribution in [2.75, 3.05) is 6.16 Å². The van der Waals surface area contributed by atoms with Crippen molar-refractivity contribution < 1.29 is 4.57 Å². The zero-order valence-corrected chi connectivity index (χ0v) is 19.1. The first-order chi connectivity index (χ1) is 14.0. The molecule has 29 heavy (non-hydrogen) atoms. The molecule has 0 radical (unpaired) electrons. The molecule has 0 spiro atoms. The third kappa shape index (κ3) is 4.93. The van der Waals surface area contributed by atoms with Crippen molar-refractivity contribution in [3.63, 3.8) is 0 Å². The van der Waals surface area contributed by atoms with Crippen molar-refractivity contribution in [2.45, 2.75) is 19.8 Å². The summed E-state index contributed by atoms with van der Waals surface area (Å²) in [6, 6.07) is 26.4. The molecule has 0 saturated carbocycles. The van der Waals surface area contributed by atoms with Gasteiger partial charge in [0.15, 0.2) is 8.46 Å². The van der Waals surface area contributed by atoms with Gasteiger partial charge >= 0.3 is 0 Å². The van der Waals surface area contributed by atoms with Gasteiger partial charge in [-0.3, -0.25) is 4.57 Å². The molecule has 0 aliphatic rings. The predicted molar refractivity (Wildman–Crippen MR) is 131 cm³/mol. The lowest BCUT2D eigenvalue weighted by Crippen LogP contribution is -2.31. The molecule has 3 aromatic carbocycles. The molecule has 0 aromatic heterocycles. The monoisotopic (exact) mass is 434 g/mol. The Balaban J connectivity index is 2.16. The van der Waals surface area contributed by atoms with E-state index in [2.05, 4.69) is 50.2 Å². The number of thiocarbonyl (C=S) groups is 2. The van der Waals surface area contributed by atoms with Crippen molar-refractivity contribution in [3.8, 4) is 0 Å². The Morgan fingerprint density at radius 1 is 0.759 bits per heavy atom. The summed E-state index contributed by atoms with van der Waals surface area (Å²) in [7, 11) is 0.0898. The van der Waals surface area contributed by atoms with Crippen LogP contribution in [0.1, 0.15) is 33.7 Å². The Bertz CT molecular complexity index is 972. The van der Waals surface area contributed by atoms with E-state index in [9.17, 15) is 4.57 Å². The van der Waals surface area contributed by atoms with Gasteiger partial charge in [-0.2, -0.15) is 0 Å². The highest BCUT2D eigenvalue weighted by Gasteiger charge is 2.32. The van der Waals surface area contributed by atoms with Gasteiger partial charge in [-0.15, -0.1) is 0 Å². The van der Waals surface area contributed by atoms with E-state index < -0.39 is 0 Å². The van der Waals surface area contributed by atoms with E-state index in [0.29, 0.717) is 6.16 Å². The minimum atomic E-state index is -0.203. The van der Waals surface area contributed by atoms with E-state index in [1.54, 1.807) is 0 Å². The minimum Gasteiger partial charge on any atom is -0.275 e. The predicted octanol–water partition coefficient (Wildman–Crippen LogP) is 7.13. The van der Waals surface area contributed by atoms with Gasteiger partial charge in [0.05, 0.1) is 0 Å². The first kappa shape index (κ1) is 21.6. The third-order valence-corrected chi connectivity index (χ3v) is 6.78. The Morgan fingerprint density at radius 3 is 1.66 bits per heavy atom. The SMILES string of the molecule is Cc1ccccc1C(=S)C(C(=S)c1ccccc1C)C(CP=O)c1ccccc1. The number of hydrogen-bond acceptors (Lipinski definition) is 3. The summed E-state index contributed by atoms with van der Waals surface area (Å²) in [4.78, 5) is 1.63. The van der Waals surface area contributed by atoms with E-state index in [-0.39, 0.29) is 20.3 Å². The molecule has 1 atom stereocenters. The summed E-state index contributed by atoms with van der Waals surface area (Å²) >= 11 is 12.1. The summed E-state index contributed by atoms with van der Waals surface area (Å²) in [6.07, 6.45) is 0.465. The van der Waals surface area contributed by atoms with Crippen molar-refractivity contribution in [1.82, 2.24) is 0 Å². The highest BCUT2D eigenvalue weighted by molar-refractivity contribution is 7.82. The van der Waals surface area contributed by atoms with E-state index in [1.807, 2.05) is 42.5 Å². The minimum absolute atomic E-state index is 0.0606. The van der Waals surface area contributed by atoms with Crippen LogP contribution in [0, 0.1) is 19.8 Å². The molecule has 1 unspecified atom stereocenters. The fourth-order valence-electron chi connectivity index (χ4n) is 3.70. The second kappa shape index (κ2) is 10.1. The Kier molecular flexibility index (Phi) is 7.55. The third-order valence-electron chi connectivity index (χ3n) is 5.29. The second-order valence-corrected chi connectivity index (χ2v) is 8.67. The maximum Gasteiger partial charge on any atom is 0.155 e. The van der Waals surface area contributed by atoms with Crippen LogP contribution in [0.2, 0.25) is 0 Å². The van der Waals surface area contributed by atoms with Crippen LogP contribution in [0.25, 0.3) is 0 Å². The molecule has 0 aliphatic carbocycles. The second-order valence-electron chi connectivity index (χ2n) is 7.16. The molecule has 3 aromatic rings. The van der Waals surface area contributed by atoms with Crippen LogP contribution < -0.4 is 0 Å². The van der Waals surface area contributed by atoms with Crippen LogP contribution in [0.4, 0.5) is 0 Å². The van der Waals surface area contributed by atoms with E-state index >= 15 is 0 Å². The number of hydrogen-bond donors (Lipinski definition) is 0. The van der Waals surface area contributed by atoms with Gasteiger partial charge in [0.1, 0.15) is 0 Å². The highest BCUT2D eigenvalue weighted by Crippen LogP contribution is 2.35. The largest absolute Gasteiger partial charge is 0.275 e. The molecule has 0 amide bonds. The van der Waals surface area contributed by atoms with Gasteiger partial charge in [-0.1, -0.05) is 103 Å². The number of rotatable bonds is 8. The van der Waals surface area contributed by atoms with Crippen LogP contribution in [0.5, 0.6) is 0 Å². The molecule has 0 heterocycles. The molecule has 0 bridgehead atoms. The number of aryl methyl sites for hydroxylation is 2. The average molecular weight is 435 g/mol. The van der Waals surface area contributed by atoms with Gasteiger partial charge < -0.3 is 0 Å². The molecule has 0 saturated heterocycles. The summed E-state index contributed by atoms with van der Waals surface area (Å²) in [5.74, 6) is -0.263. The fourth-order valence-corrected chi connectivity index (χ4v) is 5.38. The summed E-state index contributed by atoms with van der Waals surface area (Å²) in [5, 5.41) is 0. The molecule has 1 nitrogen and oxygen atoms in total. The lowest BCUT2D eigenvalue weighted by Gasteiger charge is -2.29. The van der Waals surface area contributed by atoms with Crippen LogP contribution in [0.3, 0.4) is 0 Å². The van der Waals surface area contributed by atoms with Crippen LogP contribution >= 0.6 is 32.9 Å². The molecular weight excluding hydrogens is 411 g/mol. The Hall–Kier alpha value is -2.06. The van der Waals surface area contributed by atoms with Crippen LogP contribution in [0.15, 0.2) is 78.9 Å². The normalized spacial score (nSPS) is 12.1. The lowest BCUT2D eigenvalue weighted by molar-refractivity contribution is 0.592. The Labute approximate surface area is 185 Å². The van der Waals surface area contributed by atoms with Gasteiger partial charge in [0.25, 0.3) is 0 Å². The van der Waals surface area contributed by atoms with E-state index in [1.165, 1.54) is 0 Å². The highest BCUT2D eigenvalue weighted by atomic mass is 32.1. The smallest absolute Gasteiger partial charge is 0.155 e.